The average molecular weight is 445 g/mol. The Morgan fingerprint density at radius 1 is 1.38 bits per heavy atom. The van der Waals surface area contributed by atoms with E-state index in [2.05, 4.69) is 10.4 Å². The lowest BCUT2D eigenvalue weighted by Crippen LogP contribution is -2.45. The van der Waals surface area contributed by atoms with E-state index >= 15 is 0 Å². The smallest absolute Gasteiger partial charge is 0.403 e. The van der Waals surface area contributed by atoms with Crippen molar-refractivity contribution in [1.29, 1.82) is 0 Å². The van der Waals surface area contributed by atoms with Gasteiger partial charge in [0.2, 0.25) is 0 Å². The van der Waals surface area contributed by atoms with Crippen LogP contribution in [0.1, 0.15) is 32.3 Å². The number of aliphatic imine (C=N–C) groups is 1. The van der Waals surface area contributed by atoms with Gasteiger partial charge in [-0.15, -0.1) is 0 Å². The van der Waals surface area contributed by atoms with Crippen LogP contribution in [0.15, 0.2) is 28.1 Å². The molecular formula is C18H25FN3O5PS. The molecular weight excluding hydrogens is 420 g/mol. The van der Waals surface area contributed by atoms with Gasteiger partial charge in [-0.2, -0.15) is 0 Å². The largest absolute Gasteiger partial charge is 0.530 e. The summed E-state index contributed by atoms with van der Waals surface area (Å²) in [6.07, 6.45) is 2.73. The van der Waals surface area contributed by atoms with Gasteiger partial charge in [0.05, 0.1) is 13.2 Å². The highest BCUT2D eigenvalue weighted by molar-refractivity contribution is 8.17. The first-order chi connectivity index (χ1) is 13.9. The van der Waals surface area contributed by atoms with Gasteiger partial charge >= 0.3 is 7.82 Å². The molecule has 1 atom stereocenters. The molecule has 0 aromatic heterocycles. The second-order valence-corrected chi connectivity index (χ2v) is 8.89. The van der Waals surface area contributed by atoms with E-state index in [1.165, 1.54) is 23.9 Å². The number of phosphoric acid groups is 1. The first-order valence-electron chi connectivity index (χ1n) is 9.48. The van der Waals surface area contributed by atoms with Crippen LogP contribution in [0.2, 0.25) is 0 Å². The molecule has 0 aliphatic carbocycles. The number of amidine groups is 1. The standard InChI is InChI=1S/C18H25FN3O5PS/c1-3-25-28(24,26-4-2)27-15-12-14(19)8-7-13(15)11-16-17(23)21-18(29-16)22-10-6-5-9-20-22/h7-8,11-12,17,20,23H,3-6,9-10H2,1-2H3/b16-11-. The van der Waals surface area contributed by atoms with Crippen LogP contribution in [-0.2, 0) is 13.6 Å². The van der Waals surface area contributed by atoms with Crippen molar-refractivity contribution >= 4 is 30.8 Å². The van der Waals surface area contributed by atoms with Gasteiger partial charge in [-0.05, 0) is 44.9 Å². The number of hydrogen-bond acceptors (Lipinski definition) is 9. The van der Waals surface area contributed by atoms with Crippen molar-refractivity contribution in [2.45, 2.75) is 32.9 Å². The van der Waals surface area contributed by atoms with Crippen LogP contribution >= 0.6 is 19.6 Å². The van der Waals surface area contributed by atoms with Crippen LogP contribution in [0.3, 0.4) is 0 Å². The number of phosphoric ester groups is 1. The van der Waals surface area contributed by atoms with E-state index in [1.807, 2.05) is 5.01 Å². The van der Waals surface area contributed by atoms with Crippen molar-refractivity contribution < 1.29 is 27.6 Å². The first-order valence-corrected chi connectivity index (χ1v) is 11.8. The maximum absolute atomic E-state index is 13.8. The molecule has 0 bridgehead atoms. The molecule has 0 spiro atoms. The summed E-state index contributed by atoms with van der Waals surface area (Å²) in [6, 6.07) is 3.84. The molecule has 11 heteroatoms. The van der Waals surface area contributed by atoms with Crippen LogP contribution in [0.25, 0.3) is 6.08 Å². The highest BCUT2D eigenvalue weighted by Gasteiger charge is 2.30. The molecule has 1 aromatic rings. The third-order valence-corrected chi connectivity index (χ3v) is 6.74. The highest BCUT2D eigenvalue weighted by Crippen LogP contribution is 2.50. The lowest BCUT2D eigenvalue weighted by molar-refractivity contribution is 0.167. The number of rotatable bonds is 7. The predicted octanol–water partition coefficient (Wildman–Crippen LogP) is 3.75. The number of thioether (sulfide) groups is 1. The normalized spacial score (nSPS) is 21.5. The molecule has 1 aromatic carbocycles. The summed E-state index contributed by atoms with van der Waals surface area (Å²) < 4.78 is 42.3. The van der Waals surface area contributed by atoms with Crippen molar-refractivity contribution in [3.63, 3.8) is 0 Å². The lowest BCUT2D eigenvalue weighted by Gasteiger charge is -2.28. The molecule has 1 unspecified atom stereocenters. The zero-order chi connectivity index (χ0) is 20.9. The van der Waals surface area contributed by atoms with E-state index in [1.54, 1.807) is 19.9 Å². The van der Waals surface area contributed by atoms with E-state index in [0.29, 0.717) is 15.6 Å². The molecule has 2 N–H and O–H groups in total. The van der Waals surface area contributed by atoms with Gasteiger partial charge < -0.3 is 9.63 Å². The SMILES string of the molecule is CCOP(=O)(OCC)Oc1cc(F)ccc1/C=C1\SC(N2CCCCN2)=NC1O. The molecule has 29 heavy (non-hydrogen) atoms. The van der Waals surface area contributed by atoms with Crippen LogP contribution in [0.5, 0.6) is 5.75 Å². The van der Waals surface area contributed by atoms with Gasteiger partial charge in [-0.1, -0.05) is 11.8 Å². The number of hydrazine groups is 1. The number of benzene rings is 1. The van der Waals surface area contributed by atoms with Gasteiger partial charge in [0.15, 0.2) is 11.4 Å². The van der Waals surface area contributed by atoms with Gasteiger partial charge in [0.1, 0.15) is 11.6 Å². The molecule has 160 valence electrons. The molecule has 0 saturated carbocycles. The molecule has 0 amide bonds. The van der Waals surface area contributed by atoms with E-state index in [-0.39, 0.29) is 19.0 Å². The second kappa shape index (κ2) is 10.1. The van der Waals surface area contributed by atoms with Crippen molar-refractivity contribution in [1.82, 2.24) is 10.4 Å². The maximum atomic E-state index is 13.8. The lowest BCUT2D eigenvalue weighted by atomic mass is 10.2. The minimum atomic E-state index is -3.89. The summed E-state index contributed by atoms with van der Waals surface area (Å²) in [6.45, 7) is 5.19. The molecule has 3 rings (SSSR count). The third kappa shape index (κ3) is 5.81. The zero-order valence-electron chi connectivity index (χ0n) is 16.3. The van der Waals surface area contributed by atoms with Gasteiger partial charge in [-0.3, -0.25) is 14.1 Å². The minimum absolute atomic E-state index is 0.0000749. The summed E-state index contributed by atoms with van der Waals surface area (Å²) in [5.74, 6) is -0.559. The number of aliphatic hydroxyl groups excluding tert-OH is 1. The predicted molar refractivity (Wildman–Crippen MR) is 111 cm³/mol. The molecule has 1 fully saturated rings. The van der Waals surface area contributed by atoms with Crippen LogP contribution in [0.4, 0.5) is 4.39 Å². The Kier molecular flexibility index (Phi) is 7.72. The van der Waals surface area contributed by atoms with Crippen molar-refractivity contribution in [3.8, 4) is 5.75 Å². The van der Waals surface area contributed by atoms with E-state index in [4.69, 9.17) is 13.6 Å². The third-order valence-electron chi connectivity index (χ3n) is 4.10. The van der Waals surface area contributed by atoms with E-state index in [9.17, 15) is 14.1 Å². The van der Waals surface area contributed by atoms with Gasteiger partial charge in [0, 0.05) is 29.6 Å². The summed E-state index contributed by atoms with van der Waals surface area (Å²) in [7, 11) is -3.89. The van der Waals surface area contributed by atoms with E-state index < -0.39 is 19.9 Å². The first kappa shape index (κ1) is 22.3. The Labute approximate surface area is 173 Å². The van der Waals surface area contributed by atoms with Gasteiger partial charge in [0.25, 0.3) is 0 Å². The molecule has 8 nitrogen and oxygen atoms in total. The van der Waals surface area contributed by atoms with Crippen molar-refractivity contribution in [2.24, 2.45) is 4.99 Å². The number of nitrogens with one attached hydrogen (secondary N) is 1. The maximum Gasteiger partial charge on any atom is 0.530 e. The van der Waals surface area contributed by atoms with Crippen LogP contribution < -0.4 is 9.95 Å². The fraction of sp³-hybridized carbons (Fsp3) is 0.500. The molecule has 2 aliphatic heterocycles. The van der Waals surface area contributed by atoms with Crippen LogP contribution in [0, 0.1) is 5.82 Å². The number of aliphatic hydroxyl groups is 1. The fourth-order valence-electron chi connectivity index (χ4n) is 2.82. The summed E-state index contributed by atoms with van der Waals surface area (Å²) in [4.78, 5) is 4.83. The van der Waals surface area contributed by atoms with Crippen LogP contribution in [-0.4, -0.2) is 47.8 Å². The Hall–Kier alpha value is -1.42. The number of halogens is 1. The fourth-order valence-corrected chi connectivity index (χ4v) is 5.00. The quantitative estimate of drug-likeness (QED) is 0.613. The highest BCUT2D eigenvalue weighted by atomic mass is 32.2. The minimum Gasteiger partial charge on any atom is -0.403 e. The van der Waals surface area contributed by atoms with Crippen molar-refractivity contribution in [3.05, 3.63) is 34.5 Å². The summed E-state index contributed by atoms with van der Waals surface area (Å²) >= 11 is 1.32. The topological polar surface area (TPSA) is 92.6 Å². The molecule has 2 aliphatic rings. The summed E-state index contributed by atoms with van der Waals surface area (Å²) in [5.41, 5.74) is 3.67. The summed E-state index contributed by atoms with van der Waals surface area (Å²) in [5, 5.41) is 12.9. The Morgan fingerprint density at radius 2 is 2.14 bits per heavy atom. The Bertz CT molecular complexity index is 822. The Morgan fingerprint density at radius 3 is 2.79 bits per heavy atom. The Balaban J connectivity index is 1.83. The molecule has 2 heterocycles. The average Bonchev–Trinajstić information content (AvgIpc) is 3.05. The van der Waals surface area contributed by atoms with E-state index in [0.717, 1.165) is 32.0 Å². The van der Waals surface area contributed by atoms with Crippen molar-refractivity contribution in [2.75, 3.05) is 26.3 Å². The molecule has 0 radical (unpaired) electrons. The number of hydrogen-bond donors (Lipinski definition) is 2. The number of nitrogens with zero attached hydrogens (tertiary/aromatic N) is 2. The second-order valence-electron chi connectivity index (χ2n) is 6.26. The van der Waals surface area contributed by atoms with Gasteiger partial charge in [-0.25, -0.2) is 19.4 Å². The molecule has 1 saturated heterocycles. The monoisotopic (exact) mass is 445 g/mol. The zero-order valence-corrected chi connectivity index (χ0v) is 18.0.